The van der Waals surface area contributed by atoms with Gasteiger partial charge in [-0.1, -0.05) is 13.8 Å². The smallest absolute Gasteiger partial charge is 0.0621 e. The van der Waals surface area contributed by atoms with E-state index >= 15 is 0 Å². The summed E-state index contributed by atoms with van der Waals surface area (Å²) >= 11 is 0. The number of nitrogens with zero attached hydrogens (tertiary/aromatic N) is 1. The molecule has 1 rings (SSSR count). The zero-order valence-electron chi connectivity index (χ0n) is 9.88. The maximum atomic E-state index is 8.56. The molecule has 1 aliphatic heterocycles. The minimum atomic E-state index is 0.215. The Morgan fingerprint density at radius 3 is 2.93 bits per heavy atom. The predicted octanol–water partition coefficient (Wildman–Crippen LogP) is 2.08. The van der Waals surface area contributed by atoms with Gasteiger partial charge in [-0.2, -0.15) is 5.26 Å². The maximum Gasteiger partial charge on any atom is 0.0621 e. The molecular weight excluding hydrogens is 188 g/mol. The highest BCUT2D eigenvalue weighted by atomic mass is 16.5. The van der Waals surface area contributed by atoms with E-state index in [2.05, 4.69) is 25.2 Å². The first kappa shape index (κ1) is 12.5. The van der Waals surface area contributed by atoms with E-state index in [9.17, 15) is 0 Å². The zero-order chi connectivity index (χ0) is 11.1. The monoisotopic (exact) mass is 210 g/mol. The number of nitrogens with one attached hydrogen (secondary N) is 1. The summed E-state index contributed by atoms with van der Waals surface area (Å²) in [5.74, 6) is 0. The van der Waals surface area contributed by atoms with Crippen LogP contribution in [0.15, 0.2) is 0 Å². The van der Waals surface area contributed by atoms with Crippen LogP contribution in [0.25, 0.3) is 0 Å². The minimum Gasteiger partial charge on any atom is -0.380 e. The molecule has 1 unspecified atom stereocenters. The number of nitriles is 1. The van der Waals surface area contributed by atoms with Crippen LogP contribution >= 0.6 is 0 Å². The normalized spacial score (nSPS) is 22.3. The van der Waals surface area contributed by atoms with Crippen molar-refractivity contribution in [3.63, 3.8) is 0 Å². The molecule has 0 bridgehead atoms. The predicted molar refractivity (Wildman–Crippen MR) is 60.5 cm³/mol. The first-order valence-electron chi connectivity index (χ1n) is 5.82. The molecule has 0 aromatic heterocycles. The molecule has 0 aromatic rings. The molecule has 0 saturated carbocycles. The Bertz CT molecular complexity index is 214. The second kappa shape index (κ2) is 6.09. The van der Waals surface area contributed by atoms with Gasteiger partial charge in [0.05, 0.1) is 12.7 Å². The number of rotatable bonds is 5. The van der Waals surface area contributed by atoms with Gasteiger partial charge in [0.1, 0.15) is 0 Å². The van der Waals surface area contributed by atoms with Gasteiger partial charge in [0, 0.05) is 25.6 Å². The Morgan fingerprint density at radius 2 is 2.33 bits per heavy atom. The third-order valence-corrected chi connectivity index (χ3v) is 2.94. The van der Waals surface area contributed by atoms with Crippen molar-refractivity contribution in [3.05, 3.63) is 0 Å². The number of hydrogen-bond acceptors (Lipinski definition) is 3. The average molecular weight is 210 g/mol. The summed E-state index contributed by atoms with van der Waals surface area (Å²) < 4.78 is 5.41. The molecule has 0 amide bonds. The Morgan fingerprint density at radius 1 is 1.53 bits per heavy atom. The van der Waals surface area contributed by atoms with Crippen LogP contribution in [0.2, 0.25) is 0 Å². The molecule has 0 aliphatic carbocycles. The molecular formula is C12H22N2O. The Kier molecular flexibility index (Phi) is 5.07. The topological polar surface area (TPSA) is 45.0 Å². The number of ether oxygens (including phenoxy) is 1. The second-order valence-electron chi connectivity index (χ2n) is 5.12. The lowest BCUT2D eigenvalue weighted by molar-refractivity contribution is 0.0666. The van der Waals surface area contributed by atoms with Gasteiger partial charge in [-0.25, -0.2) is 0 Å². The van der Waals surface area contributed by atoms with E-state index in [4.69, 9.17) is 10.00 Å². The fourth-order valence-corrected chi connectivity index (χ4v) is 1.81. The van der Waals surface area contributed by atoms with Crippen molar-refractivity contribution in [1.29, 1.82) is 5.26 Å². The first-order chi connectivity index (χ1) is 7.14. The molecule has 1 N–H and O–H groups in total. The van der Waals surface area contributed by atoms with Crippen LogP contribution in [0.5, 0.6) is 0 Å². The van der Waals surface area contributed by atoms with E-state index in [0.29, 0.717) is 12.5 Å². The molecule has 15 heavy (non-hydrogen) atoms. The summed E-state index contributed by atoms with van der Waals surface area (Å²) in [6, 6.07) is 2.72. The van der Waals surface area contributed by atoms with E-state index in [1.165, 1.54) is 6.42 Å². The lowest BCUT2D eigenvalue weighted by Gasteiger charge is -2.29. The van der Waals surface area contributed by atoms with Crippen molar-refractivity contribution in [2.24, 2.45) is 5.41 Å². The van der Waals surface area contributed by atoms with Crippen molar-refractivity contribution in [2.75, 3.05) is 19.8 Å². The van der Waals surface area contributed by atoms with E-state index in [1.807, 2.05) is 0 Å². The van der Waals surface area contributed by atoms with Crippen molar-refractivity contribution < 1.29 is 4.74 Å². The Hall–Kier alpha value is -0.590. The molecule has 1 heterocycles. The summed E-state index contributed by atoms with van der Waals surface area (Å²) in [5, 5.41) is 12.1. The fraction of sp³-hybridized carbons (Fsp3) is 0.917. The highest BCUT2D eigenvalue weighted by Gasteiger charge is 2.20. The second-order valence-corrected chi connectivity index (χ2v) is 5.12. The van der Waals surface area contributed by atoms with Gasteiger partial charge in [0.25, 0.3) is 0 Å². The van der Waals surface area contributed by atoms with Gasteiger partial charge in [0.2, 0.25) is 0 Å². The van der Waals surface area contributed by atoms with E-state index in [1.54, 1.807) is 0 Å². The van der Waals surface area contributed by atoms with Crippen molar-refractivity contribution in [1.82, 2.24) is 5.32 Å². The minimum absolute atomic E-state index is 0.215. The summed E-state index contributed by atoms with van der Waals surface area (Å²) in [6.07, 6.45) is 3.99. The molecule has 1 saturated heterocycles. The van der Waals surface area contributed by atoms with Gasteiger partial charge in [-0.15, -0.1) is 0 Å². The SMILES string of the molecule is CC(C)(CCC#N)CNC1CCCOC1. The highest BCUT2D eigenvalue weighted by molar-refractivity contribution is 4.81. The van der Waals surface area contributed by atoms with Crippen LogP contribution in [-0.4, -0.2) is 25.8 Å². The van der Waals surface area contributed by atoms with E-state index in [-0.39, 0.29) is 5.41 Å². The largest absolute Gasteiger partial charge is 0.380 e. The van der Waals surface area contributed by atoms with Gasteiger partial charge in [0.15, 0.2) is 0 Å². The lowest BCUT2D eigenvalue weighted by Crippen LogP contribution is -2.41. The summed E-state index contributed by atoms with van der Waals surface area (Å²) in [5.41, 5.74) is 0.215. The molecule has 3 nitrogen and oxygen atoms in total. The number of hydrogen-bond donors (Lipinski definition) is 1. The van der Waals surface area contributed by atoms with Gasteiger partial charge < -0.3 is 10.1 Å². The van der Waals surface area contributed by atoms with Crippen molar-refractivity contribution >= 4 is 0 Å². The maximum absolute atomic E-state index is 8.56. The van der Waals surface area contributed by atoms with Crippen LogP contribution in [0.4, 0.5) is 0 Å². The summed E-state index contributed by atoms with van der Waals surface area (Å²) in [4.78, 5) is 0. The van der Waals surface area contributed by atoms with Gasteiger partial charge >= 0.3 is 0 Å². The van der Waals surface area contributed by atoms with E-state index < -0.39 is 0 Å². The summed E-state index contributed by atoms with van der Waals surface area (Å²) in [6.45, 7) is 7.15. The Balaban J connectivity index is 2.19. The van der Waals surface area contributed by atoms with Crippen molar-refractivity contribution in [2.45, 2.75) is 45.6 Å². The summed E-state index contributed by atoms with van der Waals surface area (Å²) in [7, 11) is 0. The van der Waals surface area contributed by atoms with Crippen LogP contribution in [0.1, 0.15) is 39.5 Å². The van der Waals surface area contributed by atoms with Gasteiger partial charge in [-0.3, -0.25) is 0 Å². The third kappa shape index (κ3) is 5.15. The lowest BCUT2D eigenvalue weighted by atomic mass is 9.87. The standard InChI is InChI=1S/C12H22N2O/c1-12(2,6-4-7-13)10-14-11-5-3-8-15-9-11/h11,14H,3-6,8-10H2,1-2H3. The zero-order valence-corrected chi connectivity index (χ0v) is 9.88. The fourth-order valence-electron chi connectivity index (χ4n) is 1.81. The molecule has 0 aromatic carbocycles. The molecule has 1 aliphatic rings. The van der Waals surface area contributed by atoms with E-state index in [0.717, 1.165) is 32.6 Å². The molecule has 86 valence electrons. The highest BCUT2D eigenvalue weighted by Crippen LogP contribution is 2.21. The van der Waals surface area contributed by atoms with Gasteiger partial charge in [-0.05, 0) is 24.7 Å². The average Bonchev–Trinajstić information content (AvgIpc) is 2.25. The third-order valence-electron chi connectivity index (χ3n) is 2.94. The van der Waals surface area contributed by atoms with Crippen LogP contribution < -0.4 is 5.32 Å². The molecule has 0 spiro atoms. The first-order valence-corrected chi connectivity index (χ1v) is 5.82. The molecule has 3 heteroatoms. The van der Waals surface area contributed by atoms with Crippen LogP contribution in [0, 0.1) is 16.7 Å². The molecule has 1 atom stereocenters. The molecule has 1 fully saturated rings. The Labute approximate surface area is 92.8 Å². The van der Waals surface area contributed by atoms with Crippen LogP contribution in [0.3, 0.4) is 0 Å². The van der Waals surface area contributed by atoms with Crippen molar-refractivity contribution in [3.8, 4) is 6.07 Å². The molecule has 0 radical (unpaired) electrons. The quantitative estimate of drug-likeness (QED) is 0.755. The van der Waals surface area contributed by atoms with Crippen LogP contribution in [-0.2, 0) is 4.74 Å².